The van der Waals surface area contributed by atoms with E-state index in [0.29, 0.717) is 29.8 Å². The van der Waals surface area contributed by atoms with Gasteiger partial charge < -0.3 is 5.32 Å². The number of fused-ring (bicyclic) bond motifs is 2. The third kappa shape index (κ3) is 1.63. The van der Waals surface area contributed by atoms with Gasteiger partial charge in [-0.05, 0) is 31.0 Å². The summed E-state index contributed by atoms with van der Waals surface area (Å²) >= 11 is 0. The second-order valence-corrected chi connectivity index (χ2v) is 5.81. The summed E-state index contributed by atoms with van der Waals surface area (Å²) in [5, 5.41) is 3.39. The van der Waals surface area contributed by atoms with Crippen molar-refractivity contribution < 1.29 is 9.59 Å². The number of hydrogen-bond acceptors (Lipinski definition) is 4. The van der Waals surface area contributed by atoms with Crippen LogP contribution in [0.2, 0.25) is 0 Å². The van der Waals surface area contributed by atoms with Gasteiger partial charge in [-0.2, -0.15) is 0 Å². The molecule has 1 aromatic rings. The summed E-state index contributed by atoms with van der Waals surface area (Å²) in [5.41, 5.74) is 1.08. The van der Waals surface area contributed by atoms with Gasteiger partial charge >= 0.3 is 0 Å². The van der Waals surface area contributed by atoms with Gasteiger partial charge in [0.25, 0.3) is 11.8 Å². The molecule has 0 spiro atoms. The molecule has 2 amide bonds. The standard InChI is InChI=1S/C15H17N3O2/c19-14-11-3-1-2-4-12(11)15(20)18(14)9-17-6-5-10-7-16-8-13(10)17/h1-4,10,13,16H,5-9H2/t10-,13+/m1/s1. The molecule has 4 rings (SSSR count). The Morgan fingerprint density at radius 1 is 1.10 bits per heavy atom. The number of amides is 2. The Morgan fingerprint density at radius 3 is 2.50 bits per heavy atom. The van der Waals surface area contributed by atoms with E-state index in [2.05, 4.69) is 10.2 Å². The first-order valence-electron chi connectivity index (χ1n) is 7.15. The fourth-order valence-electron chi connectivity index (χ4n) is 3.66. The third-order valence-electron chi connectivity index (χ3n) is 4.76. The average Bonchev–Trinajstić information content (AvgIpc) is 3.12. The molecule has 0 aliphatic carbocycles. The zero-order valence-electron chi connectivity index (χ0n) is 11.2. The molecule has 3 aliphatic rings. The van der Waals surface area contributed by atoms with Crippen molar-refractivity contribution in [3.8, 4) is 0 Å². The Bertz CT molecular complexity index is 551. The number of carbonyl (C=O) groups excluding carboxylic acids is 2. The van der Waals surface area contributed by atoms with Gasteiger partial charge in [-0.15, -0.1) is 0 Å². The van der Waals surface area contributed by atoms with E-state index in [1.807, 2.05) is 0 Å². The fourth-order valence-corrected chi connectivity index (χ4v) is 3.66. The molecule has 5 nitrogen and oxygen atoms in total. The average molecular weight is 271 g/mol. The number of benzene rings is 1. The van der Waals surface area contributed by atoms with Gasteiger partial charge in [-0.1, -0.05) is 12.1 Å². The van der Waals surface area contributed by atoms with Gasteiger partial charge in [0.1, 0.15) is 0 Å². The van der Waals surface area contributed by atoms with Crippen molar-refractivity contribution in [2.45, 2.75) is 12.5 Å². The highest BCUT2D eigenvalue weighted by Gasteiger charge is 2.42. The quantitative estimate of drug-likeness (QED) is 0.797. The summed E-state index contributed by atoms with van der Waals surface area (Å²) in [5.74, 6) is 0.366. The van der Waals surface area contributed by atoms with Gasteiger partial charge in [0.2, 0.25) is 0 Å². The molecule has 2 saturated heterocycles. The van der Waals surface area contributed by atoms with E-state index in [1.54, 1.807) is 24.3 Å². The van der Waals surface area contributed by atoms with Crippen LogP contribution in [0, 0.1) is 5.92 Å². The highest BCUT2D eigenvalue weighted by molar-refractivity contribution is 6.21. The lowest BCUT2D eigenvalue weighted by molar-refractivity contribution is 0.0528. The first-order chi connectivity index (χ1) is 9.75. The first-order valence-corrected chi connectivity index (χ1v) is 7.15. The van der Waals surface area contributed by atoms with Crippen LogP contribution in [0.5, 0.6) is 0 Å². The lowest BCUT2D eigenvalue weighted by atomic mass is 10.1. The SMILES string of the molecule is O=C1c2ccccc2C(=O)N1CN1CC[C@@H]2CNC[C@@H]21. The Morgan fingerprint density at radius 2 is 1.80 bits per heavy atom. The van der Waals surface area contributed by atoms with E-state index < -0.39 is 0 Å². The first kappa shape index (κ1) is 12.1. The van der Waals surface area contributed by atoms with E-state index in [4.69, 9.17) is 0 Å². The molecule has 1 aromatic carbocycles. The summed E-state index contributed by atoms with van der Waals surface area (Å²) in [6.45, 7) is 3.43. The van der Waals surface area contributed by atoms with E-state index in [0.717, 1.165) is 26.1 Å². The van der Waals surface area contributed by atoms with Crippen molar-refractivity contribution in [1.29, 1.82) is 0 Å². The molecular formula is C15H17N3O2. The predicted molar refractivity (Wildman–Crippen MR) is 73.3 cm³/mol. The zero-order chi connectivity index (χ0) is 13.7. The summed E-state index contributed by atoms with van der Waals surface area (Å²) < 4.78 is 0. The number of nitrogens with zero attached hydrogens (tertiary/aromatic N) is 2. The number of hydrogen-bond donors (Lipinski definition) is 1. The number of rotatable bonds is 2. The monoisotopic (exact) mass is 271 g/mol. The molecule has 5 heteroatoms. The summed E-state index contributed by atoms with van der Waals surface area (Å²) in [4.78, 5) is 28.4. The number of imide groups is 1. The molecular weight excluding hydrogens is 254 g/mol. The van der Waals surface area contributed by atoms with Crippen molar-refractivity contribution in [3.63, 3.8) is 0 Å². The van der Waals surface area contributed by atoms with Crippen molar-refractivity contribution in [2.75, 3.05) is 26.3 Å². The number of carbonyl (C=O) groups is 2. The second kappa shape index (κ2) is 4.40. The highest BCUT2D eigenvalue weighted by atomic mass is 16.2. The van der Waals surface area contributed by atoms with Crippen LogP contribution in [-0.2, 0) is 0 Å². The molecule has 0 unspecified atom stereocenters. The van der Waals surface area contributed by atoms with E-state index in [9.17, 15) is 9.59 Å². The summed E-state index contributed by atoms with van der Waals surface area (Å²) in [6.07, 6.45) is 1.15. The van der Waals surface area contributed by atoms with Crippen LogP contribution in [-0.4, -0.2) is 54.0 Å². The Kier molecular flexibility index (Phi) is 2.65. The van der Waals surface area contributed by atoms with Gasteiger partial charge in [0.15, 0.2) is 0 Å². The third-order valence-corrected chi connectivity index (χ3v) is 4.76. The fraction of sp³-hybridized carbons (Fsp3) is 0.467. The normalized spacial score (nSPS) is 29.1. The van der Waals surface area contributed by atoms with Crippen molar-refractivity contribution >= 4 is 11.8 Å². The molecule has 3 heterocycles. The van der Waals surface area contributed by atoms with Crippen LogP contribution in [0.3, 0.4) is 0 Å². The Labute approximate surface area is 117 Å². The second-order valence-electron chi connectivity index (χ2n) is 5.81. The summed E-state index contributed by atoms with van der Waals surface area (Å²) in [7, 11) is 0. The smallest absolute Gasteiger partial charge is 0.262 e. The lowest BCUT2D eigenvalue weighted by Crippen LogP contribution is -2.45. The van der Waals surface area contributed by atoms with E-state index in [-0.39, 0.29) is 11.8 Å². The number of likely N-dealkylation sites (tertiary alicyclic amines) is 1. The van der Waals surface area contributed by atoms with Crippen LogP contribution in [0.4, 0.5) is 0 Å². The molecule has 20 heavy (non-hydrogen) atoms. The van der Waals surface area contributed by atoms with Crippen LogP contribution in [0.15, 0.2) is 24.3 Å². The lowest BCUT2D eigenvalue weighted by Gasteiger charge is -2.27. The van der Waals surface area contributed by atoms with Crippen molar-refractivity contribution in [2.24, 2.45) is 5.92 Å². The van der Waals surface area contributed by atoms with Gasteiger partial charge in [-0.3, -0.25) is 19.4 Å². The maximum absolute atomic E-state index is 12.3. The molecule has 104 valence electrons. The maximum Gasteiger partial charge on any atom is 0.262 e. The van der Waals surface area contributed by atoms with E-state index >= 15 is 0 Å². The highest BCUT2D eigenvalue weighted by Crippen LogP contribution is 2.29. The topological polar surface area (TPSA) is 52.7 Å². The molecule has 0 bridgehead atoms. The molecule has 2 fully saturated rings. The number of nitrogens with one attached hydrogen (secondary N) is 1. The summed E-state index contributed by atoms with van der Waals surface area (Å²) in [6, 6.07) is 7.55. The maximum atomic E-state index is 12.3. The van der Waals surface area contributed by atoms with Gasteiger partial charge in [-0.25, -0.2) is 0 Å². The largest absolute Gasteiger partial charge is 0.315 e. The van der Waals surface area contributed by atoms with Crippen LogP contribution >= 0.6 is 0 Å². The molecule has 0 aromatic heterocycles. The Hall–Kier alpha value is -1.72. The molecule has 2 atom stereocenters. The van der Waals surface area contributed by atoms with Crippen LogP contribution < -0.4 is 5.32 Å². The molecule has 1 N–H and O–H groups in total. The van der Waals surface area contributed by atoms with Crippen molar-refractivity contribution in [1.82, 2.24) is 15.1 Å². The van der Waals surface area contributed by atoms with Crippen LogP contribution in [0.25, 0.3) is 0 Å². The predicted octanol–water partition coefficient (Wildman–Crippen LogP) is 0.534. The van der Waals surface area contributed by atoms with E-state index in [1.165, 1.54) is 4.90 Å². The van der Waals surface area contributed by atoms with Crippen LogP contribution in [0.1, 0.15) is 27.1 Å². The molecule has 0 saturated carbocycles. The van der Waals surface area contributed by atoms with Crippen molar-refractivity contribution in [3.05, 3.63) is 35.4 Å². The minimum Gasteiger partial charge on any atom is -0.315 e. The van der Waals surface area contributed by atoms with Gasteiger partial charge in [0.05, 0.1) is 17.8 Å². The van der Waals surface area contributed by atoms with Gasteiger partial charge in [0, 0.05) is 19.1 Å². The minimum absolute atomic E-state index is 0.153. The zero-order valence-corrected chi connectivity index (χ0v) is 11.2. The molecule has 3 aliphatic heterocycles. The minimum atomic E-state index is -0.153. The molecule has 0 radical (unpaired) electrons. The Balaban J connectivity index is 1.56.